The maximum absolute atomic E-state index is 14.5. The lowest BCUT2D eigenvalue weighted by Crippen LogP contribution is -2.60. The van der Waals surface area contributed by atoms with E-state index in [2.05, 4.69) is 31.9 Å². The van der Waals surface area contributed by atoms with E-state index in [0.717, 1.165) is 49.7 Å². The number of unbranched alkanes of at least 4 members (excludes halogenated alkanes) is 3. The van der Waals surface area contributed by atoms with E-state index in [9.17, 15) is 38.4 Å². The van der Waals surface area contributed by atoms with Crippen molar-refractivity contribution < 1.29 is 47.8 Å². The number of likely N-dealkylation sites (tertiary alicyclic amines) is 1. The van der Waals surface area contributed by atoms with E-state index in [1.165, 1.54) is 24.2 Å². The maximum Gasteiger partial charge on any atom is 0.315 e. The van der Waals surface area contributed by atoms with Crippen LogP contribution in [-0.4, -0.2) is 151 Å². The van der Waals surface area contributed by atoms with Gasteiger partial charge in [0.15, 0.2) is 0 Å². The number of benzene rings is 2. The van der Waals surface area contributed by atoms with Crippen molar-refractivity contribution in [1.82, 2.24) is 41.3 Å². The van der Waals surface area contributed by atoms with Gasteiger partial charge in [0, 0.05) is 77.7 Å². The Kier molecular flexibility index (Phi) is 22.6. The van der Waals surface area contributed by atoms with Crippen molar-refractivity contribution in [3.8, 4) is 0 Å². The predicted molar refractivity (Wildman–Crippen MR) is 293 cm³/mol. The number of urea groups is 1. The summed E-state index contributed by atoms with van der Waals surface area (Å²) < 4.78 is 12.2. The zero-order valence-corrected chi connectivity index (χ0v) is 46.5. The molecule has 1 saturated carbocycles. The molecule has 19 heteroatoms. The highest BCUT2D eigenvalue weighted by atomic mass is 16.5. The number of piperidine rings is 1. The smallest absolute Gasteiger partial charge is 0.315 e. The van der Waals surface area contributed by atoms with Gasteiger partial charge in [0.25, 0.3) is 11.8 Å². The second-order valence-electron chi connectivity index (χ2n) is 21.9. The van der Waals surface area contributed by atoms with Crippen molar-refractivity contribution in [3.05, 3.63) is 77.9 Å². The van der Waals surface area contributed by atoms with Crippen LogP contribution in [0.5, 0.6) is 0 Å². The van der Waals surface area contributed by atoms with Crippen molar-refractivity contribution in [3.63, 3.8) is 0 Å². The Morgan fingerprint density at radius 2 is 1.51 bits per heavy atom. The highest BCUT2D eigenvalue weighted by molar-refractivity contribution is 6.12. The number of amides is 9. The molecule has 2 bridgehead atoms. The van der Waals surface area contributed by atoms with Gasteiger partial charge in [-0.2, -0.15) is 0 Å². The largest absolute Gasteiger partial charge is 0.379 e. The summed E-state index contributed by atoms with van der Waals surface area (Å²) in [5.41, 5.74) is 2.15. The first-order valence-electron chi connectivity index (χ1n) is 27.9. The van der Waals surface area contributed by atoms with Crippen molar-refractivity contribution in [2.45, 2.75) is 167 Å². The molecule has 6 N–H and O–H groups in total. The van der Waals surface area contributed by atoms with Crippen LogP contribution < -0.4 is 31.9 Å². The van der Waals surface area contributed by atoms with E-state index in [0.29, 0.717) is 57.0 Å². The standard InChI is InChI=1S/C58H85N9O10/c1-9-37(4)52(65(6)57(74)50(36(2)3)64-56(73)51-41-23-26-43(33-41)61-51)46(76-7)34-49(70)66-31-17-20-45(66)53(77-8)38(5)54(71)63-44(32-39-18-13-12-14-19-39)55(72)62-42-24-21-40(22-25-42)35-60-58(75)59-29-15-10-11-16-30-67-47(68)27-28-48(67)69/h12-14,18-19,21-22,24-25,27-28,36-38,41,43-46,50-53,61H,9-11,15-17,20,23,26,29-35H2,1-8H3,(H,62,72)(H,63,71)(H,64,73)(H2,59,60,75)/t37-,38+,41-,43+,44-,45-,46-,50-,51-,52-,53+/m0/s1. The summed E-state index contributed by atoms with van der Waals surface area (Å²) in [7, 11) is 4.82. The Labute approximate surface area is 455 Å². The zero-order chi connectivity index (χ0) is 55.8. The molecular weight excluding hydrogens is 983 g/mol. The highest BCUT2D eigenvalue weighted by Gasteiger charge is 2.46. The zero-order valence-electron chi connectivity index (χ0n) is 46.5. The molecule has 6 rings (SSSR count). The molecule has 0 aromatic heterocycles. The molecule has 2 saturated heterocycles. The summed E-state index contributed by atoms with van der Waals surface area (Å²) in [4.78, 5) is 111. The molecule has 3 heterocycles. The van der Waals surface area contributed by atoms with E-state index >= 15 is 0 Å². The van der Waals surface area contributed by atoms with Crippen LogP contribution in [0.2, 0.25) is 0 Å². The average molecular weight is 1070 g/mol. The maximum atomic E-state index is 14.5. The van der Waals surface area contributed by atoms with Gasteiger partial charge in [-0.05, 0) is 86.0 Å². The molecule has 11 atom stereocenters. The summed E-state index contributed by atoms with van der Waals surface area (Å²) in [6.45, 7) is 11.2. The SMILES string of the molecule is CC[C@H](C)[C@@H]([C@H](CC(=O)N1CCC[C@H]1[C@H](OC)[C@@H](C)C(=O)N[C@@H](Cc1ccccc1)C(=O)Nc1ccc(CNC(=O)NCCCCCCN2C(=O)C=CC2=O)cc1)OC)N(C)C(=O)[C@@H](NC(=O)[C@H]1N[C@@H]2CC[C@H]1C2)C(C)C. The number of hydrogen-bond donors (Lipinski definition) is 6. The van der Waals surface area contributed by atoms with E-state index in [1.807, 2.05) is 58.0 Å². The molecule has 0 radical (unpaired) electrons. The number of methoxy groups -OCH3 is 2. The second-order valence-corrected chi connectivity index (χ2v) is 21.9. The number of rotatable bonds is 29. The van der Waals surface area contributed by atoms with Crippen LogP contribution in [0.25, 0.3) is 0 Å². The number of ether oxygens (including phenoxy) is 2. The van der Waals surface area contributed by atoms with Gasteiger partial charge in [-0.15, -0.1) is 0 Å². The molecule has 4 aliphatic rings. The van der Waals surface area contributed by atoms with Crippen LogP contribution in [0.3, 0.4) is 0 Å². The lowest BCUT2D eigenvalue weighted by Gasteiger charge is -2.41. The Hall–Kier alpha value is -6.18. The Balaban J connectivity index is 1.02. The van der Waals surface area contributed by atoms with E-state index < -0.39 is 54.1 Å². The average Bonchev–Trinajstić information content (AvgIpc) is 4.26. The molecule has 3 fully saturated rings. The minimum Gasteiger partial charge on any atom is -0.379 e. The third-order valence-corrected chi connectivity index (χ3v) is 16.2. The van der Waals surface area contributed by atoms with Gasteiger partial charge in [-0.25, -0.2) is 4.79 Å². The molecule has 3 aliphatic heterocycles. The number of fused-ring (bicyclic) bond motifs is 2. The quantitative estimate of drug-likeness (QED) is 0.0477. The lowest BCUT2D eigenvalue weighted by atomic mass is 9.89. The minimum atomic E-state index is -0.968. The fourth-order valence-electron chi connectivity index (χ4n) is 11.6. The molecular formula is C58H85N9O10. The molecule has 422 valence electrons. The number of nitrogens with one attached hydrogen (secondary N) is 6. The fraction of sp³-hybridized carbons (Fsp3) is 0.621. The van der Waals surface area contributed by atoms with Crippen molar-refractivity contribution >= 4 is 53.1 Å². The van der Waals surface area contributed by atoms with Crippen molar-refractivity contribution in [1.29, 1.82) is 0 Å². The van der Waals surface area contributed by atoms with E-state index in [-0.39, 0.29) is 78.7 Å². The van der Waals surface area contributed by atoms with Gasteiger partial charge in [-0.3, -0.25) is 38.5 Å². The highest BCUT2D eigenvalue weighted by Crippen LogP contribution is 2.36. The Morgan fingerprint density at radius 1 is 0.805 bits per heavy atom. The van der Waals surface area contributed by atoms with Gasteiger partial charge in [0.2, 0.25) is 29.5 Å². The number of carbonyl (C=O) groups is 8. The van der Waals surface area contributed by atoms with Crippen molar-refractivity contribution in [2.75, 3.05) is 46.2 Å². The molecule has 2 aromatic rings. The molecule has 9 amide bonds. The number of hydrogen-bond acceptors (Lipinski definition) is 11. The predicted octanol–water partition coefficient (Wildman–Crippen LogP) is 4.84. The van der Waals surface area contributed by atoms with E-state index in [4.69, 9.17) is 9.47 Å². The first-order chi connectivity index (χ1) is 36.9. The topological polar surface area (TPSA) is 237 Å². The summed E-state index contributed by atoms with van der Waals surface area (Å²) in [6.07, 6.45) is 9.54. The van der Waals surface area contributed by atoms with Crippen LogP contribution in [0.4, 0.5) is 10.5 Å². The van der Waals surface area contributed by atoms with Crippen LogP contribution in [-0.2, 0) is 56.0 Å². The molecule has 2 aromatic carbocycles. The number of likely N-dealkylation sites (N-methyl/N-ethyl adjacent to an activating group) is 1. The molecule has 1 aliphatic carbocycles. The summed E-state index contributed by atoms with van der Waals surface area (Å²) in [6, 6.07) is 13.5. The Bertz CT molecular complexity index is 2350. The summed E-state index contributed by atoms with van der Waals surface area (Å²) in [5.74, 6) is -2.70. The third kappa shape index (κ3) is 16.2. The molecule has 0 unspecified atom stereocenters. The number of anilines is 1. The lowest BCUT2D eigenvalue weighted by molar-refractivity contribution is -0.148. The fourth-order valence-corrected chi connectivity index (χ4v) is 11.6. The third-order valence-electron chi connectivity index (χ3n) is 16.2. The molecule has 77 heavy (non-hydrogen) atoms. The van der Waals surface area contributed by atoms with Crippen LogP contribution in [0.1, 0.15) is 116 Å². The van der Waals surface area contributed by atoms with Crippen molar-refractivity contribution in [2.24, 2.45) is 23.7 Å². The molecule has 0 spiro atoms. The normalized spacial score (nSPS) is 21.5. The minimum absolute atomic E-state index is 0.0199. The second kappa shape index (κ2) is 29.0. The number of imide groups is 1. The summed E-state index contributed by atoms with van der Waals surface area (Å²) in [5, 5.41) is 18.2. The van der Waals surface area contributed by atoms with Crippen LogP contribution in [0.15, 0.2) is 66.7 Å². The monoisotopic (exact) mass is 1070 g/mol. The van der Waals surface area contributed by atoms with Gasteiger partial charge in [0.1, 0.15) is 12.1 Å². The first-order valence-corrected chi connectivity index (χ1v) is 27.9. The summed E-state index contributed by atoms with van der Waals surface area (Å²) >= 11 is 0. The molecule has 19 nitrogen and oxygen atoms in total. The Morgan fingerprint density at radius 3 is 2.13 bits per heavy atom. The number of nitrogens with zero attached hydrogens (tertiary/aromatic N) is 3. The first kappa shape index (κ1) is 60.1. The van der Waals surface area contributed by atoms with Gasteiger partial charge >= 0.3 is 6.03 Å². The van der Waals surface area contributed by atoms with E-state index in [1.54, 1.807) is 55.1 Å². The van der Waals surface area contributed by atoms with Crippen LogP contribution >= 0.6 is 0 Å². The van der Waals surface area contributed by atoms with Gasteiger partial charge < -0.3 is 51.2 Å². The van der Waals surface area contributed by atoms with Gasteiger partial charge in [0.05, 0.1) is 42.7 Å². The van der Waals surface area contributed by atoms with Crippen LogP contribution in [0, 0.1) is 23.7 Å². The van der Waals surface area contributed by atoms with Gasteiger partial charge in [-0.1, -0.05) is 96.3 Å². The number of carbonyl (C=O) groups excluding carboxylic acids is 8.